The number of hydrogen-bond donors (Lipinski definition) is 1. The second kappa shape index (κ2) is 7.71. The molecule has 0 spiro atoms. The summed E-state index contributed by atoms with van der Waals surface area (Å²) in [5.74, 6) is 3.26. The van der Waals surface area contributed by atoms with Gasteiger partial charge in [-0.15, -0.1) is 16.4 Å². The van der Waals surface area contributed by atoms with Crippen LogP contribution in [0.15, 0.2) is 51.5 Å². The molecule has 0 atom stereocenters. The van der Waals surface area contributed by atoms with Crippen molar-refractivity contribution in [1.82, 2.24) is 25.3 Å². The number of aromatic nitrogens is 5. The molecule has 0 saturated heterocycles. The summed E-state index contributed by atoms with van der Waals surface area (Å²) < 4.78 is 10.5. The van der Waals surface area contributed by atoms with Crippen molar-refractivity contribution in [3.8, 4) is 17.2 Å². The maximum absolute atomic E-state index is 5.33. The van der Waals surface area contributed by atoms with Crippen LogP contribution in [-0.2, 0) is 12.2 Å². The molecule has 0 aliphatic rings. The van der Waals surface area contributed by atoms with Crippen LogP contribution in [0.5, 0.6) is 5.75 Å². The largest absolute Gasteiger partial charge is 0.497 e. The minimum atomic E-state index is 0.483. The van der Waals surface area contributed by atoms with Crippen LogP contribution < -0.4 is 4.74 Å². The number of thioether (sulfide) groups is 1. The Morgan fingerprint density at radius 2 is 2.08 bits per heavy atom. The number of rotatable bonds is 7. The van der Waals surface area contributed by atoms with E-state index in [1.54, 1.807) is 18.4 Å². The van der Waals surface area contributed by atoms with Gasteiger partial charge in [0.2, 0.25) is 5.16 Å². The van der Waals surface area contributed by atoms with E-state index in [0.29, 0.717) is 22.6 Å². The van der Waals surface area contributed by atoms with E-state index in [9.17, 15) is 0 Å². The number of benzene rings is 1. The van der Waals surface area contributed by atoms with E-state index in [1.807, 2.05) is 30.3 Å². The van der Waals surface area contributed by atoms with E-state index >= 15 is 0 Å². The van der Waals surface area contributed by atoms with Crippen molar-refractivity contribution in [3.05, 3.63) is 58.3 Å². The van der Waals surface area contributed by atoms with Gasteiger partial charge in [-0.05, 0) is 35.7 Å². The van der Waals surface area contributed by atoms with Crippen molar-refractivity contribution in [2.75, 3.05) is 7.11 Å². The number of H-pyrrole nitrogens is 1. The van der Waals surface area contributed by atoms with Gasteiger partial charge in [-0.2, -0.15) is 4.98 Å². The van der Waals surface area contributed by atoms with Crippen LogP contribution in [0.3, 0.4) is 0 Å². The molecule has 3 aromatic heterocycles. The average Bonchev–Trinajstić information content (AvgIpc) is 3.43. The minimum Gasteiger partial charge on any atom is -0.497 e. The van der Waals surface area contributed by atoms with Gasteiger partial charge in [0.25, 0.3) is 5.89 Å². The molecular weight excluding hydrogens is 370 g/mol. The molecule has 0 bridgehead atoms. The molecule has 132 valence electrons. The smallest absolute Gasteiger partial charge is 0.257 e. The van der Waals surface area contributed by atoms with Gasteiger partial charge in [0, 0.05) is 16.9 Å². The average molecular weight is 385 g/mol. The lowest BCUT2D eigenvalue weighted by Crippen LogP contribution is -1.88. The molecule has 0 aliphatic carbocycles. The van der Waals surface area contributed by atoms with Crippen molar-refractivity contribution in [2.24, 2.45) is 0 Å². The molecule has 9 heteroatoms. The van der Waals surface area contributed by atoms with Crippen LogP contribution in [0, 0.1) is 0 Å². The molecule has 0 unspecified atom stereocenters. The van der Waals surface area contributed by atoms with Crippen LogP contribution >= 0.6 is 23.1 Å². The van der Waals surface area contributed by atoms with Crippen molar-refractivity contribution in [1.29, 1.82) is 0 Å². The summed E-state index contributed by atoms with van der Waals surface area (Å²) in [6, 6.07) is 11.6. The lowest BCUT2D eigenvalue weighted by atomic mass is 10.2. The van der Waals surface area contributed by atoms with Crippen molar-refractivity contribution < 1.29 is 9.26 Å². The van der Waals surface area contributed by atoms with Crippen molar-refractivity contribution >= 4 is 23.1 Å². The zero-order valence-corrected chi connectivity index (χ0v) is 15.5. The van der Waals surface area contributed by atoms with Gasteiger partial charge in [-0.25, -0.2) is 4.98 Å². The summed E-state index contributed by atoms with van der Waals surface area (Å²) in [5.41, 5.74) is 0.852. The third-order valence-corrected chi connectivity index (χ3v) is 5.29. The Morgan fingerprint density at radius 1 is 1.19 bits per heavy atom. The first-order valence-corrected chi connectivity index (χ1v) is 9.70. The Labute approximate surface area is 157 Å². The Kier molecular flexibility index (Phi) is 4.98. The molecule has 1 N–H and O–H groups in total. The molecule has 3 heterocycles. The highest BCUT2D eigenvalue weighted by Crippen LogP contribution is 2.23. The molecule has 0 radical (unpaired) electrons. The second-order valence-corrected chi connectivity index (χ2v) is 7.33. The number of nitrogens with zero attached hydrogens (tertiary/aromatic N) is 4. The van der Waals surface area contributed by atoms with Crippen LogP contribution in [0.25, 0.3) is 11.5 Å². The summed E-state index contributed by atoms with van der Waals surface area (Å²) in [6.45, 7) is 0. The molecule has 0 saturated carbocycles. The SMILES string of the molecule is COc1ccc(-c2nc(CSc3n[nH]c(Cc4cccs4)n3)no2)cc1. The molecular formula is C17H15N5O2S2. The summed E-state index contributed by atoms with van der Waals surface area (Å²) in [5, 5.41) is 13.9. The van der Waals surface area contributed by atoms with E-state index in [4.69, 9.17) is 9.26 Å². The third-order valence-electron chi connectivity index (χ3n) is 3.57. The highest BCUT2D eigenvalue weighted by molar-refractivity contribution is 7.98. The summed E-state index contributed by atoms with van der Waals surface area (Å²) >= 11 is 3.17. The summed E-state index contributed by atoms with van der Waals surface area (Å²) in [7, 11) is 1.63. The Bertz CT molecular complexity index is 963. The monoisotopic (exact) mass is 385 g/mol. The molecule has 0 fully saturated rings. The second-order valence-electron chi connectivity index (χ2n) is 5.35. The number of thiophene rings is 1. The highest BCUT2D eigenvalue weighted by Gasteiger charge is 2.11. The first-order valence-electron chi connectivity index (χ1n) is 7.83. The van der Waals surface area contributed by atoms with E-state index in [-0.39, 0.29) is 0 Å². The molecule has 26 heavy (non-hydrogen) atoms. The topological polar surface area (TPSA) is 89.7 Å². The number of methoxy groups -OCH3 is 1. The Morgan fingerprint density at radius 3 is 2.85 bits per heavy atom. The fourth-order valence-corrected chi connectivity index (χ4v) is 3.66. The van der Waals surface area contributed by atoms with Gasteiger partial charge in [0.1, 0.15) is 11.6 Å². The van der Waals surface area contributed by atoms with E-state index < -0.39 is 0 Å². The van der Waals surface area contributed by atoms with Crippen LogP contribution in [0.2, 0.25) is 0 Å². The number of nitrogens with one attached hydrogen (secondary N) is 1. The van der Waals surface area contributed by atoms with Gasteiger partial charge < -0.3 is 9.26 Å². The van der Waals surface area contributed by atoms with Crippen LogP contribution in [0.1, 0.15) is 16.5 Å². The highest BCUT2D eigenvalue weighted by atomic mass is 32.2. The molecule has 7 nitrogen and oxygen atoms in total. The Hall–Kier alpha value is -2.65. The third kappa shape index (κ3) is 3.94. The van der Waals surface area contributed by atoms with E-state index in [1.165, 1.54) is 16.6 Å². The maximum atomic E-state index is 5.33. The normalized spacial score (nSPS) is 11.0. The van der Waals surface area contributed by atoms with Crippen LogP contribution in [0.4, 0.5) is 0 Å². The van der Waals surface area contributed by atoms with Crippen molar-refractivity contribution in [2.45, 2.75) is 17.3 Å². The molecule has 4 rings (SSSR count). The fourth-order valence-electron chi connectivity index (χ4n) is 2.29. The number of ether oxygens (including phenoxy) is 1. The lowest BCUT2D eigenvalue weighted by molar-refractivity contribution is 0.414. The lowest BCUT2D eigenvalue weighted by Gasteiger charge is -1.98. The van der Waals surface area contributed by atoms with Gasteiger partial charge in [-0.1, -0.05) is 23.0 Å². The maximum Gasteiger partial charge on any atom is 0.257 e. The minimum absolute atomic E-state index is 0.483. The van der Waals surface area contributed by atoms with E-state index in [0.717, 1.165) is 23.6 Å². The van der Waals surface area contributed by atoms with Crippen LogP contribution in [-0.4, -0.2) is 32.4 Å². The van der Waals surface area contributed by atoms with Gasteiger partial charge in [0.15, 0.2) is 5.82 Å². The van der Waals surface area contributed by atoms with Crippen molar-refractivity contribution in [3.63, 3.8) is 0 Å². The molecule has 1 aromatic carbocycles. The van der Waals surface area contributed by atoms with Gasteiger partial charge in [0.05, 0.1) is 12.9 Å². The first kappa shape index (κ1) is 16.8. The first-order chi connectivity index (χ1) is 12.8. The molecule has 0 amide bonds. The molecule has 0 aliphatic heterocycles. The predicted molar refractivity (Wildman–Crippen MR) is 99.4 cm³/mol. The zero-order valence-electron chi connectivity index (χ0n) is 13.9. The fraction of sp³-hybridized carbons (Fsp3) is 0.176. The standard InChI is InChI=1S/C17H15N5O2S2/c1-23-12-6-4-11(5-7-12)16-18-15(22-24-16)10-26-17-19-14(20-21-17)9-13-3-2-8-25-13/h2-8H,9-10H2,1H3,(H,19,20,21). The quantitative estimate of drug-likeness (QED) is 0.484. The number of hydrogen-bond acceptors (Lipinski definition) is 8. The number of aromatic amines is 1. The predicted octanol–water partition coefficient (Wildman–Crippen LogP) is 3.81. The van der Waals surface area contributed by atoms with E-state index in [2.05, 4.69) is 36.8 Å². The Balaban J connectivity index is 1.36. The zero-order chi connectivity index (χ0) is 17.8. The summed E-state index contributed by atoms with van der Waals surface area (Å²) in [6.07, 6.45) is 0.759. The van der Waals surface area contributed by atoms with Gasteiger partial charge in [-0.3, -0.25) is 5.10 Å². The van der Waals surface area contributed by atoms with Gasteiger partial charge >= 0.3 is 0 Å². The molecule has 4 aromatic rings. The summed E-state index contributed by atoms with van der Waals surface area (Å²) in [4.78, 5) is 10.2.